The van der Waals surface area contributed by atoms with Gasteiger partial charge in [-0.3, -0.25) is 0 Å². The van der Waals surface area contributed by atoms with E-state index in [2.05, 4.69) is 218 Å². The van der Waals surface area contributed by atoms with E-state index in [1.165, 1.54) is 22.3 Å². The molecule has 0 radical (unpaired) electrons. The van der Waals surface area contributed by atoms with Gasteiger partial charge in [0, 0.05) is 39.7 Å². The number of ether oxygens (including phenoxy) is 2. The lowest BCUT2D eigenvalue weighted by molar-refractivity contribution is 0.359. The van der Waals surface area contributed by atoms with Crippen LogP contribution in [-0.2, 0) is 5.41 Å². The molecule has 0 amide bonds. The van der Waals surface area contributed by atoms with Gasteiger partial charge in [-0.25, -0.2) is 0 Å². The molecule has 0 aromatic heterocycles. The zero-order valence-electron chi connectivity index (χ0n) is 31.7. The molecule has 1 aliphatic heterocycles. The summed E-state index contributed by atoms with van der Waals surface area (Å²) in [7, 11) is 0. The summed E-state index contributed by atoms with van der Waals surface area (Å²) < 4.78 is 14.0. The average Bonchev–Trinajstić information content (AvgIpc) is 3.48. The maximum absolute atomic E-state index is 6.99. The Labute approximate surface area is 332 Å². The van der Waals surface area contributed by atoms with Crippen LogP contribution in [-0.4, -0.2) is 0 Å². The zero-order chi connectivity index (χ0) is 38.1. The minimum Gasteiger partial charge on any atom is -0.449 e. The van der Waals surface area contributed by atoms with Crippen LogP contribution in [0, 0.1) is 0 Å². The minimum atomic E-state index is -0.174. The van der Waals surface area contributed by atoms with Gasteiger partial charge in [-0.2, -0.15) is 0 Å². The lowest BCUT2D eigenvalue weighted by Crippen LogP contribution is -2.18. The molecule has 0 saturated heterocycles. The first-order valence-electron chi connectivity index (χ1n) is 19.5. The van der Waals surface area contributed by atoms with Gasteiger partial charge in [0.2, 0.25) is 0 Å². The van der Waals surface area contributed by atoms with E-state index in [4.69, 9.17) is 9.47 Å². The van der Waals surface area contributed by atoms with Gasteiger partial charge in [-0.1, -0.05) is 147 Å². The number of nitrogens with zero attached hydrogens (tertiary/aromatic N) is 2. The molecule has 4 heteroatoms. The van der Waals surface area contributed by atoms with E-state index in [-0.39, 0.29) is 5.41 Å². The third kappa shape index (κ3) is 5.29. The summed E-state index contributed by atoms with van der Waals surface area (Å²) in [6, 6.07) is 68.8. The highest BCUT2D eigenvalue weighted by Gasteiger charge is 2.38. The Kier molecular flexibility index (Phi) is 7.48. The first-order valence-corrected chi connectivity index (χ1v) is 19.5. The molecule has 0 saturated carbocycles. The second-order valence-electron chi connectivity index (χ2n) is 15.3. The van der Waals surface area contributed by atoms with Crippen molar-refractivity contribution in [2.24, 2.45) is 0 Å². The van der Waals surface area contributed by atoms with Crippen molar-refractivity contribution < 1.29 is 9.47 Å². The Morgan fingerprint density at radius 1 is 0.351 bits per heavy atom. The average molecular weight is 735 g/mol. The monoisotopic (exact) mass is 734 g/mol. The van der Waals surface area contributed by atoms with Gasteiger partial charge in [0.1, 0.15) is 0 Å². The molecule has 9 aromatic rings. The summed E-state index contributed by atoms with van der Waals surface area (Å²) in [4.78, 5) is 4.72. The number of rotatable bonds is 6. The van der Waals surface area contributed by atoms with Gasteiger partial charge in [-0.05, 0) is 81.6 Å². The second-order valence-corrected chi connectivity index (χ2v) is 15.3. The van der Waals surface area contributed by atoms with Crippen molar-refractivity contribution in [1.82, 2.24) is 0 Å². The van der Waals surface area contributed by atoms with Crippen LogP contribution < -0.4 is 19.3 Å². The predicted octanol–water partition coefficient (Wildman–Crippen LogP) is 15.1. The Hall–Kier alpha value is -7.30. The third-order valence-electron chi connectivity index (χ3n) is 11.7. The summed E-state index contributed by atoms with van der Waals surface area (Å²) in [5.41, 5.74) is 10.8. The SMILES string of the molecule is CC1(C)c2ccccc2-c2cc3c(cc21)Oc1cc(N(c2ccccc2)c2cccc4ccccc24)c(N(c2ccccc2)c2cccc4ccccc24)cc1O3. The van der Waals surface area contributed by atoms with Crippen molar-refractivity contribution >= 4 is 55.7 Å². The zero-order valence-corrected chi connectivity index (χ0v) is 31.7. The molecule has 57 heavy (non-hydrogen) atoms. The Morgan fingerprint density at radius 3 is 1.35 bits per heavy atom. The number of hydrogen-bond acceptors (Lipinski definition) is 4. The quantitative estimate of drug-likeness (QED) is 0.170. The predicted molar refractivity (Wildman–Crippen MR) is 235 cm³/mol. The van der Waals surface area contributed by atoms with Crippen molar-refractivity contribution in [1.29, 1.82) is 0 Å². The topological polar surface area (TPSA) is 24.9 Å². The molecule has 11 rings (SSSR count). The normalized spacial score (nSPS) is 13.2. The summed E-state index contributed by atoms with van der Waals surface area (Å²) in [5.74, 6) is 2.73. The molecule has 1 aliphatic carbocycles. The van der Waals surface area contributed by atoms with Crippen LogP contribution in [0.1, 0.15) is 25.0 Å². The van der Waals surface area contributed by atoms with E-state index in [0.717, 1.165) is 55.7 Å². The van der Waals surface area contributed by atoms with Gasteiger partial charge in [0.25, 0.3) is 0 Å². The summed E-state index contributed by atoms with van der Waals surface area (Å²) in [6.07, 6.45) is 0. The summed E-state index contributed by atoms with van der Waals surface area (Å²) in [6.45, 7) is 4.58. The van der Waals surface area contributed by atoms with Crippen LogP contribution in [0.15, 0.2) is 194 Å². The molecular weight excluding hydrogens is 697 g/mol. The minimum absolute atomic E-state index is 0.174. The molecule has 4 nitrogen and oxygen atoms in total. The number of hydrogen-bond donors (Lipinski definition) is 0. The first-order chi connectivity index (χ1) is 28.0. The van der Waals surface area contributed by atoms with Gasteiger partial charge in [0.05, 0.1) is 22.7 Å². The van der Waals surface area contributed by atoms with E-state index in [1.807, 2.05) is 0 Å². The molecule has 272 valence electrons. The Bertz CT molecular complexity index is 3000. The number of para-hydroxylation sites is 2. The molecule has 9 aromatic carbocycles. The summed E-state index contributed by atoms with van der Waals surface area (Å²) in [5, 5.41) is 4.61. The van der Waals surface area contributed by atoms with Crippen molar-refractivity contribution in [2.45, 2.75) is 19.3 Å². The molecule has 0 N–H and O–H groups in total. The smallest absolute Gasteiger partial charge is 0.172 e. The van der Waals surface area contributed by atoms with E-state index in [9.17, 15) is 0 Å². The number of benzene rings is 9. The van der Waals surface area contributed by atoms with Crippen molar-refractivity contribution in [3.8, 4) is 34.1 Å². The van der Waals surface area contributed by atoms with Crippen LogP contribution in [0.3, 0.4) is 0 Å². The lowest BCUT2D eigenvalue weighted by atomic mass is 9.82. The van der Waals surface area contributed by atoms with Gasteiger partial charge in [-0.15, -0.1) is 0 Å². The fraction of sp³-hybridized carbons (Fsp3) is 0.0566. The van der Waals surface area contributed by atoms with Crippen LogP contribution >= 0.6 is 0 Å². The van der Waals surface area contributed by atoms with Gasteiger partial charge in [0.15, 0.2) is 23.0 Å². The van der Waals surface area contributed by atoms with E-state index >= 15 is 0 Å². The highest BCUT2D eigenvalue weighted by atomic mass is 16.6. The second kappa shape index (κ2) is 12.9. The highest BCUT2D eigenvalue weighted by molar-refractivity contribution is 6.05. The lowest BCUT2D eigenvalue weighted by Gasteiger charge is -2.35. The number of anilines is 6. The summed E-state index contributed by atoms with van der Waals surface area (Å²) >= 11 is 0. The van der Waals surface area contributed by atoms with E-state index in [1.54, 1.807) is 0 Å². The standard InChI is InChI=1S/C53H38N2O2/c1-53(2)43-28-14-13-27-41(43)42-31-49-50(32-44(42)53)57-52-34-48(55(38-23-7-4-8-24-38)46-30-16-20-36-18-10-12-26-40(36)46)47(33-51(52)56-49)54(37-21-5-3-6-22-37)45-29-15-19-35-17-9-11-25-39(35)45/h3-34H,1-2H3. The van der Waals surface area contributed by atoms with Crippen molar-refractivity contribution in [3.63, 3.8) is 0 Å². The molecule has 0 bridgehead atoms. The molecule has 0 atom stereocenters. The van der Waals surface area contributed by atoms with Crippen LogP contribution in [0.2, 0.25) is 0 Å². The molecular formula is C53H38N2O2. The van der Waals surface area contributed by atoms with Crippen LogP contribution in [0.4, 0.5) is 34.1 Å². The fourth-order valence-electron chi connectivity index (χ4n) is 8.94. The fourth-order valence-corrected chi connectivity index (χ4v) is 8.94. The van der Waals surface area contributed by atoms with Gasteiger partial charge < -0.3 is 19.3 Å². The molecule has 2 aliphatic rings. The van der Waals surface area contributed by atoms with Crippen LogP contribution in [0.25, 0.3) is 32.7 Å². The Morgan fingerprint density at radius 2 is 0.789 bits per heavy atom. The molecule has 1 heterocycles. The Balaban J connectivity index is 1.20. The molecule has 0 unspecified atom stereocenters. The van der Waals surface area contributed by atoms with Crippen LogP contribution in [0.5, 0.6) is 23.0 Å². The number of fused-ring (bicyclic) bond motifs is 7. The maximum Gasteiger partial charge on any atom is 0.172 e. The third-order valence-corrected chi connectivity index (χ3v) is 11.7. The molecule has 0 spiro atoms. The van der Waals surface area contributed by atoms with Crippen molar-refractivity contribution in [2.75, 3.05) is 9.80 Å². The van der Waals surface area contributed by atoms with E-state index < -0.39 is 0 Å². The van der Waals surface area contributed by atoms with Crippen molar-refractivity contribution in [3.05, 3.63) is 205 Å². The van der Waals surface area contributed by atoms with Gasteiger partial charge >= 0.3 is 0 Å². The molecule has 0 fully saturated rings. The first kappa shape index (κ1) is 33.1. The highest BCUT2D eigenvalue weighted by Crippen LogP contribution is 2.58. The van der Waals surface area contributed by atoms with E-state index in [0.29, 0.717) is 23.0 Å². The maximum atomic E-state index is 6.99. The largest absolute Gasteiger partial charge is 0.449 e.